The Bertz CT molecular complexity index is 2040. The summed E-state index contributed by atoms with van der Waals surface area (Å²) in [6.45, 7) is 19.5. The minimum Gasteiger partial charge on any atom is -0.481 e. The molecule has 0 unspecified atom stereocenters. The lowest BCUT2D eigenvalue weighted by atomic mass is 9.32. The van der Waals surface area contributed by atoms with Gasteiger partial charge in [0.2, 0.25) is 5.91 Å². The van der Waals surface area contributed by atoms with Crippen LogP contribution >= 0.6 is 0 Å². The highest BCUT2D eigenvalue weighted by atomic mass is 19.1. The molecule has 0 bridgehead atoms. The molecule has 9 rings (SSSR count). The Hall–Kier alpha value is -3.23. The highest BCUT2D eigenvalue weighted by Gasteiger charge is 2.72. The lowest BCUT2D eigenvalue weighted by molar-refractivity contribution is -0.252. The highest BCUT2D eigenvalue weighted by molar-refractivity contribution is 5.85. The molecule has 2 aromatic rings. The predicted octanol–water partition coefficient (Wildman–Crippen LogP) is 11.8. The summed E-state index contributed by atoms with van der Waals surface area (Å²) in [6.07, 6.45) is 18.2. The van der Waals surface area contributed by atoms with Gasteiger partial charge in [-0.05, 0) is 147 Å². The fourth-order valence-corrected chi connectivity index (χ4v) is 16.9. The van der Waals surface area contributed by atoms with Crippen molar-refractivity contribution in [1.82, 2.24) is 14.9 Å². The Morgan fingerprint density at radius 3 is 2.39 bits per heavy atom. The first-order valence-electron chi connectivity index (χ1n) is 24.4. The van der Waals surface area contributed by atoms with Gasteiger partial charge in [-0.1, -0.05) is 86.8 Å². The Balaban J connectivity index is 0.968. The largest absolute Gasteiger partial charge is 0.481 e. The molecule has 2 heterocycles. The molecule has 8 nitrogen and oxygen atoms in total. The number of aromatic amines is 1. The number of amides is 1. The van der Waals surface area contributed by atoms with Gasteiger partial charge in [-0.3, -0.25) is 14.4 Å². The molecule has 334 valence electrons. The molecule has 9 heteroatoms. The van der Waals surface area contributed by atoms with Gasteiger partial charge in [-0.25, -0.2) is 9.37 Å². The molecule has 7 aliphatic rings. The molecular formula is C52H74FN3O5. The van der Waals surface area contributed by atoms with Gasteiger partial charge in [0.05, 0.1) is 35.2 Å². The normalized spacial score (nSPS) is 42.0. The average Bonchev–Trinajstić information content (AvgIpc) is 3.97. The topological polar surface area (TPSA) is 113 Å². The fourth-order valence-electron chi connectivity index (χ4n) is 16.9. The maximum atomic E-state index is 15.6. The van der Waals surface area contributed by atoms with Crippen molar-refractivity contribution >= 4 is 17.8 Å². The van der Waals surface area contributed by atoms with E-state index in [2.05, 4.69) is 51.4 Å². The molecule has 1 saturated heterocycles. The fraction of sp³-hybridized carbons (Fsp3) is 0.769. The summed E-state index contributed by atoms with van der Waals surface area (Å²) in [7, 11) is 0. The zero-order chi connectivity index (χ0) is 43.5. The lowest BCUT2D eigenvalue weighted by Gasteiger charge is -2.73. The Labute approximate surface area is 364 Å². The number of hydrogen-bond donors (Lipinski definition) is 2. The molecule has 1 aromatic heterocycles. The number of aliphatic carboxylic acids is 1. The molecule has 1 aliphatic heterocycles. The molecule has 61 heavy (non-hydrogen) atoms. The van der Waals surface area contributed by atoms with Gasteiger partial charge in [0.25, 0.3) is 0 Å². The number of benzene rings is 1. The quantitative estimate of drug-likeness (QED) is 0.243. The number of carboxylic acids is 1. The van der Waals surface area contributed by atoms with E-state index in [1.165, 1.54) is 50.7 Å². The third-order valence-electron chi connectivity index (χ3n) is 20.5. The van der Waals surface area contributed by atoms with Crippen LogP contribution in [0.15, 0.2) is 30.5 Å². The molecule has 1 aromatic carbocycles. The second-order valence-electron chi connectivity index (χ2n) is 23.4. The molecule has 6 saturated carbocycles. The molecule has 6 aliphatic carbocycles. The van der Waals surface area contributed by atoms with Crippen molar-refractivity contribution in [3.8, 4) is 11.3 Å². The lowest BCUT2D eigenvalue weighted by Crippen LogP contribution is -2.67. The van der Waals surface area contributed by atoms with E-state index in [-0.39, 0.29) is 56.9 Å². The number of hydrogen-bond acceptors (Lipinski definition) is 5. The maximum Gasteiger partial charge on any atom is 0.309 e. The van der Waals surface area contributed by atoms with E-state index in [0.29, 0.717) is 41.9 Å². The second-order valence-corrected chi connectivity index (χ2v) is 23.4. The van der Waals surface area contributed by atoms with Gasteiger partial charge in [-0.2, -0.15) is 0 Å². The minimum absolute atomic E-state index is 0.0871. The first kappa shape index (κ1) is 43.0. The predicted molar refractivity (Wildman–Crippen MR) is 234 cm³/mol. The van der Waals surface area contributed by atoms with Crippen molar-refractivity contribution in [2.45, 2.75) is 170 Å². The second kappa shape index (κ2) is 14.9. The van der Waals surface area contributed by atoms with E-state index in [4.69, 9.17) is 9.72 Å². The number of ether oxygens (including phenoxy) is 1. The van der Waals surface area contributed by atoms with E-state index >= 15 is 4.79 Å². The smallest absolute Gasteiger partial charge is 0.309 e. The van der Waals surface area contributed by atoms with Crippen LogP contribution in [0.5, 0.6) is 0 Å². The SMILES string of the molecule is CCCC[C@@H]1CC[C@]2(C(=O)N3CCC[C@H]3c3ncc(-c4cccc(F)c4)[nH]3)CC[C@]3(C)[C@H](CC[C@@H]4[C@@]5(C)CC[C@H](OC(=O)[C@H]6C[C@@H](C(=O)O)C6(C)C)C(C)(C)[C@@H]5CC[C@]43C)[C@@H]12. The number of carbonyl (C=O) groups is 3. The van der Waals surface area contributed by atoms with Crippen molar-refractivity contribution in [2.75, 3.05) is 6.54 Å². The number of fused-ring (bicyclic) bond motifs is 7. The van der Waals surface area contributed by atoms with E-state index < -0.39 is 17.3 Å². The zero-order valence-corrected chi connectivity index (χ0v) is 38.5. The third-order valence-corrected chi connectivity index (χ3v) is 20.5. The van der Waals surface area contributed by atoms with Crippen molar-refractivity contribution in [1.29, 1.82) is 0 Å². The molecular weight excluding hydrogens is 766 g/mol. The van der Waals surface area contributed by atoms with Crippen LogP contribution in [0.25, 0.3) is 11.3 Å². The first-order chi connectivity index (χ1) is 28.8. The van der Waals surface area contributed by atoms with Crippen molar-refractivity contribution in [3.63, 3.8) is 0 Å². The molecule has 2 N–H and O–H groups in total. The number of esters is 1. The van der Waals surface area contributed by atoms with Gasteiger partial charge in [0.1, 0.15) is 17.7 Å². The number of carbonyl (C=O) groups excluding carboxylic acids is 2. The summed E-state index contributed by atoms with van der Waals surface area (Å²) in [4.78, 5) is 51.7. The number of carboxylic acid groups (broad SMARTS) is 1. The van der Waals surface area contributed by atoms with E-state index in [9.17, 15) is 19.1 Å². The number of unbranched alkanes of at least 4 members (excludes halogenated alkanes) is 1. The summed E-state index contributed by atoms with van der Waals surface area (Å²) in [5.74, 6) is 1.48. The average molecular weight is 840 g/mol. The highest BCUT2D eigenvalue weighted by Crippen LogP contribution is 2.78. The van der Waals surface area contributed by atoms with E-state index in [0.717, 1.165) is 81.4 Å². The molecule has 0 spiro atoms. The monoisotopic (exact) mass is 840 g/mol. The number of aromatic nitrogens is 2. The summed E-state index contributed by atoms with van der Waals surface area (Å²) >= 11 is 0. The van der Waals surface area contributed by atoms with Gasteiger partial charge < -0.3 is 19.7 Å². The maximum absolute atomic E-state index is 15.6. The van der Waals surface area contributed by atoms with Crippen molar-refractivity contribution in [3.05, 3.63) is 42.1 Å². The minimum atomic E-state index is -0.820. The van der Waals surface area contributed by atoms with Crippen LogP contribution in [-0.4, -0.2) is 50.5 Å². The van der Waals surface area contributed by atoms with Gasteiger partial charge in [-0.15, -0.1) is 0 Å². The number of rotatable bonds is 9. The van der Waals surface area contributed by atoms with Crippen molar-refractivity contribution in [2.24, 2.45) is 73.9 Å². The Kier molecular flexibility index (Phi) is 10.5. The Morgan fingerprint density at radius 1 is 0.885 bits per heavy atom. The van der Waals surface area contributed by atoms with Crippen molar-refractivity contribution < 1.29 is 28.6 Å². The molecule has 1 amide bonds. The number of nitrogens with zero attached hydrogens (tertiary/aromatic N) is 2. The van der Waals surface area contributed by atoms with Crippen LogP contribution in [-0.2, 0) is 19.1 Å². The Morgan fingerprint density at radius 2 is 1.67 bits per heavy atom. The number of H-pyrrole nitrogens is 1. The molecule has 13 atom stereocenters. The van der Waals surface area contributed by atoms with Crippen LogP contribution in [0.3, 0.4) is 0 Å². The number of imidazole rings is 1. The summed E-state index contributed by atoms with van der Waals surface area (Å²) < 4.78 is 20.6. The number of halogens is 1. The molecule has 0 radical (unpaired) electrons. The first-order valence-corrected chi connectivity index (χ1v) is 24.4. The van der Waals surface area contributed by atoms with Crippen LogP contribution in [0.1, 0.15) is 170 Å². The zero-order valence-electron chi connectivity index (χ0n) is 38.5. The molecule has 7 fully saturated rings. The van der Waals surface area contributed by atoms with Gasteiger partial charge in [0.15, 0.2) is 0 Å². The van der Waals surface area contributed by atoms with Crippen LogP contribution in [0, 0.1) is 79.7 Å². The van der Waals surface area contributed by atoms with Crippen LogP contribution in [0.2, 0.25) is 0 Å². The number of nitrogens with one attached hydrogen (secondary N) is 1. The number of likely N-dealkylation sites (tertiary alicyclic amines) is 1. The van der Waals surface area contributed by atoms with E-state index in [1.54, 1.807) is 12.3 Å². The summed E-state index contributed by atoms with van der Waals surface area (Å²) in [5.41, 5.74) is 0.830. The summed E-state index contributed by atoms with van der Waals surface area (Å²) in [6, 6.07) is 6.54. The van der Waals surface area contributed by atoms with Crippen LogP contribution in [0.4, 0.5) is 4.39 Å². The summed E-state index contributed by atoms with van der Waals surface area (Å²) in [5, 5.41) is 9.72. The third kappa shape index (κ3) is 6.27. The van der Waals surface area contributed by atoms with Gasteiger partial charge >= 0.3 is 11.9 Å². The van der Waals surface area contributed by atoms with Gasteiger partial charge in [0, 0.05) is 17.5 Å². The van der Waals surface area contributed by atoms with Crippen LogP contribution < -0.4 is 0 Å². The standard InChI is InChI=1S/C52H74FN3O5/c1-9-10-13-31-19-24-52(46(60)56-27-12-16-38(56)43-54-30-37(55-43)32-14-11-15-33(53)28-32)26-25-50(7)34(42(31)52)17-18-40-49(6)22-21-41(48(4,5)39(49)20-23-51(40,50)8)61-45(59)36-29-35(44(57)58)47(36,2)3/h11,14-15,28,30-31,34-36,38-42H,9-10,12-13,16-27,29H2,1-8H3,(H,54,55)(H,57,58)/t31-,34-,35+,36-,38+,39+,40-,41+,42-,49+,50-,51-,52+/m1/s1. The van der Waals surface area contributed by atoms with E-state index in [1.807, 2.05) is 19.9 Å².